The van der Waals surface area contributed by atoms with Crippen molar-refractivity contribution in [2.45, 2.75) is 36.4 Å². The van der Waals surface area contributed by atoms with Gasteiger partial charge < -0.3 is 9.64 Å². The molecule has 0 aromatic heterocycles. The molecule has 9 nitrogen and oxygen atoms in total. The molecule has 0 N–H and O–H groups in total. The fraction of sp³-hybridized carbons (Fsp3) is 0.800. The molecule has 0 spiro atoms. The number of hydrogen-bond acceptors (Lipinski definition) is 8. The van der Waals surface area contributed by atoms with Gasteiger partial charge >= 0.3 is 5.97 Å². The molecule has 2 fully saturated rings. The average Bonchev–Trinajstić information content (AvgIpc) is 2.41. The fourth-order valence-electron chi connectivity index (χ4n) is 2.46. The third-order valence-electron chi connectivity index (χ3n) is 3.66. The molecule has 2 heterocycles. The van der Waals surface area contributed by atoms with Crippen LogP contribution >= 0.6 is 0 Å². The second kappa shape index (κ2) is 4.65. The summed E-state index contributed by atoms with van der Waals surface area (Å²) < 4.78 is 53.4. The zero-order chi connectivity index (χ0) is 16.2. The van der Waals surface area contributed by atoms with Gasteiger partial charge in [0.25, 0.3) is 10.1 Å². The average molecular weight is 341 g/mol. The second-order valence-electron chi connectivity index (χ2n) is 5.41. The Balaban J connectivity index is 2.18. The third kappa shape index (κ3) is 2.42. The van der Waals surface area contributed by atoms with E-state index in [1.165, 1.54) is 13.8 Å². The van der Waals surface area contributed by atoms with E-state index >= 15 is 0 Å². The van der Waals surface area contributed by atoms with Gasteiger partial charge in [0.15, 0.2) is 9.84 Å². The van der Waals surface area contributed by atoms with Gasteiger partial charge in [-0.05, 0) is 13.8 Å². The van der Waals surface area contributed by atoms with Crippen LogP contribution in [-0.2, 0) is 38.5 Å². The van der Waals surface area contributed by atoms with Crippen molar-refractivity contribution in [3.63, 3.8) is 0 Å². The molecule has 11 heteroatoms. The molecule has 0 aliphatic carbocycles. The van der Waals surface area contributed by atoms with Crippen molar-refractivity contribution in [2.75, 3.05) is 13.0 Å². The topological polar surface area (TPSA) is 124 Å². The van der Waals surface area contributed by atoms with Crippen LogP contribution in [-0.4, -0.2) is 62.8 Å². The van der Waals surface area contributed by atoms with Gasteiger partial charge in [-0.25, -0.2) is 17.4 Å². The van der Waals surface area contributed by atoms with Crippen LogP contribution in [0.1, 0.15) is 20.3 Å². The summed E-state index contributed by atoms with van der Waals surface area (Å²) in [7, 11) is -7.49. The summed E-state index contributed by atoms with van der Waals surface area (Å²) in [4.78, 5) is 24.5. The monoisotopic (exact) mass is 341 g/mol. The van der Waals surface area contributed by atoms with E-state index in [-0.39, 0.29) is 6.42 Å². The molecular weight excluding hydrogens is 326 g/mol. The number of sulfone groups is 1. The second-order valence-corrected chi connectivity index (χ2v) is 9.74. The first kappa shape index (κ1) is 16.2. The Morgan fingerprint density at radius 1 is 1.43 bits per heavy atom. The highest BCUT2D eigenvalue weighted by Crippen LogP contribution is 2.45. The van der Waals surface area contributed by atoms with Gasteiger partial charge in [-0.3, -0.25) is 4.79 Å². The lowest BCUT2D eigenvalue weighted by molar-refractivity contribution is -0.165. The van der Waals surface area contributed by atoms with E-state index in [2.05, 4.69) is 8.92 Å². The zero-order valence-electron chi connectivity index (χ0n) is 11.6. The first-order valence-corrected chi connectivity index (χ1v) is 9.31. The number of carbonyl (C=O) groups is 2. The van der Waals surface area contributed by atoms with E-state index in [0.29, 0.717) is 0 Å². The number of β-lactam (4-membered cyclic amide) rings is 1. The van der Waals surface area contributed by atoms with Gasteiger partial charge in [-0.15, -0.1) is 0 Å². The maximum Gasteiger partial charge on any atom is 0.332 e. The molecule has 0 radical (unpaired) electrons. The van der Waals surface area contributed by atoms with Crippen LogP contribution in [0.15, 0.2) is 0 Å². The Kier molecular flexibility index (Phi) is 3.58. The molecule has 2 aliphatic heterocycles. The number of nitrogens with zero attached hydrogens (tertiary/aromatic N) is 1. The highest BCUT2D eigenvalue weighted by molar-refractivity contribution is 7.93. The van der Waals surface area contributed by atoms with Crippen molar-refractivity contribution in [3.8, 4) is 0 Å². The normalized spacial score (nSPS) is 29.7. The fourth-order valence-corrected chi connectivity index (χ4v) is 4.80. The van der Waals surface area contributed by atoms with E-state index in [9.17, 15) is 26.4 Å². The summed E-state index contributed by atoms with van der Waals surface area (Å²) in [6.45, 7) is 1.80. The number of carbonyl (C=O) groups excluding carboxylic acids is 2. The Morgan fingerprint density at radius 3 is 2.48 bits per heavy atom. The quantitative estimate of drug-likeness (QED) is 0.264. The van der Waals surface area contributed by atoms with Crippen molar-refractivity contribution in [1.82, 2.24) is 4.90 Å². The van der Waals surface area contributed by atoms with E-state index in [0.717, 1.165) is 11.2 Å². The first-order chi connectivity index (χ1) is 9.39. The summed E-state index contributed by atoms with van der Waals surface area (Å²) >= 11 is 0. The SMILES string of the molecule is CC1(C)[C@H](C(=O)OCOS(C)(=O)=O)N2C(=O)C[C@H]2S1(=O)=O. The Bertz CT molecular complexity index is 693. The van der Waals surface area contributed by atoms with Crippen LogP contribution in [0.4, 0.5) is 0 Å². The number of amides is 1. The molecule has 0 saturated carbocycles. The van der Waals surface area contributed by atoms with Crippen LogP contribution in [0.25, 0.3) is 0 Å². The van der Waals surface area contributed by atoms with Crippen LogP contribution < -0.4 is 0 Å². The number of esters is 1. The van der Waals surface area contributed by atoms with Gasteiger partial charge in [0.2, 0.25) is 12.7 Å². The lowest BCUT2D eigenvalue weighted by atomic mass is 9.98. The molecule has 0 aromatic rings. The Morgan fingerprint density at radius 2 is 2.00 bits per heavy atom. The number of rotatable bonds is 4. The minimum absolute atomic E-state index is 0.157. The summed E-state index contributed by atoms with van der Waals surface area (Å²) in [5, 5.41) is -1.02. The first-order valence-electron chi connectivity index (χ1n) is 5.95. The molecule has 2 atom stereocenters. The van der Waals surface area contributed by atoms with E-state index in [1.54, 1.807) is 0 Å². The molecule has 0 unspecified atom stereocenters. The Labute approximate surface area is 122 Å². The molecule has 21 heavy (non-hydrogen) atoms. The van der Waals surface area contributed by atoms with Crippen LogP contribution in [0.5, 0.6) is 0 Å². The van der Waals surface area contributed by atoms with Crippen molar-refractivity contribution >= 4 is 31.8 Å². The summed E-state index contributed by atoms with van der Waals surface area (Å²) in [6, 6.07) is -1.31. The van der Waals surface area contributed by atoms with Gasteiger partial charge in [0.1, 0.15) is 11.4 Å². The van der Waals surface area contributed by atoms with E-state index in [1.807, 2.05) is 0 Å². The molecule has 0 bridgehead atoms. The van der Waals surface area contributed by atoms with Crippen LogP contribution in [0.2, 0.25) is 0 Å². The minimum Gasteiger partial charge on any atom is -0.436 e. The van der Waals surface area contributed by atoms with E-state index < -0.39 is 54.8 Å². The lowest BCUT2D eigenvalue weighted by Gasteiger charge is -2.36. The van der Waals surface area contributed by atoms with Crippen LogP contribution in [0.3, 0.4) is 0 Å². The smallest absolute Gasteiger partial charge is 0.332 e. The largest absolute Gasteiger partial charge is 0.436 e. The highest BCUT2D eigenvalue weighted by atomic mass is 32.2. The van der Waals surface area contributed by atoms with Crippen molar-refractivity contribution in [3.05, 3.63) is 0 Å². The summed E-state index contributed by atoms with van der Waals surface area (Å²) in [5.41, 5.74) is 0. The van der Waals surface area contributed by atoms with Gasteiger partial charge in [-0.2, -0.15) is 8.42 Å². The number of hydrogen-bond donors (Lipinski definition) is 0. The summed E-state index contributed by atoms with van der Waals surface area (Å²) in [6.07, 6.45) is 0.620. The van der Waals surface area contributed by atoms with E-state index in [4.69, 9.17) is 0 Å². The number of ether oxygens (including phenoxy) is 1. The van der Waals surface area contributed by atoms with Crippen LogP contribution in [0, 0.1) is 0 Å². The maximum atomic E-state index is 12.2. The molecule has 2 rings (SSSR count). The number of fused-ring (bicyclic) bond motifs is 1. The predicted molar refractivity (Wildman–Crippen MR) is 68.9 cm³/mol. The van der Waals surface area contributed by atoms with Crippen molar-refractivity contribution < 1.29 is 35.3 Å². The molecular formula is C10H15NO8S2. The minimum atomic E-state index is -3.79. The Hall–Kier alpha value is -1.20. The maximum absolute atomic E-state index is 12.2. The predicted octanol–water partition coefficient (Wildman–Crippen LogP) is -1.40. The van der Waals surface area contributed by atoms with Gasteiger partial charge in [0, 0.05) is 0 Å². The van der Waals surface area contributed by atoms with Crippen molar-refractivity contribution in [2.24, 2.45) is 0 Å². The lowest BCUT2D eigenvalue weighted by Crippen LogP contribution is -2.57. The summed E-state index contributed by atoms with van der Waals surface area (Å²) in [5.74, 6) is -1.47. The third-order valence-corrected chi connectivity index (χ3v) is 6.99. The van der Waals surface area contributed by atoms with Gasteiger partial charge in [0.05, 0.1) is 17.4 Å². The zero-order valence-corrected chi connectivity index (χ0v) is 13.2. The highest BCUT2D eigenvalue weighted by Gasteiger charge is 2.68. The molecule has 2 aliphatic rings. The molecule has 2 saturated heterocycles. The molecule has 120 valence electrons. The molecule has 1 amide bonds. The molecule has 0 aromatic carbocycles. The van der Waals surface area contributed by atoms with Gasteiger partial charge in [-0.1, -0.05) is 0 Å². The van der Waals surface area contributed by atoms with Crippen molar-refractivity contribution in [1.29, 1.82) is 0 Å². The standard InChI is InChI=1S/C10H15NO8S2/c1-10(2)8(9(13)18-5-19-20(3,14)15)11-6(12)4-7(11)21(10,16)17/h7-8H,4-5H2,1-3H3/t7-,8+/m1/s1.